The standard InChI is InChI=1S/C13H19N/c1-10(9-14-4)7-13-6-5-11(2)12(3)8-13/h5-8,14H,9H2,1-4H3/b10-7+. The van der Waals surface area contributed by atoms with E-state index in [2.05, 4.69) is 50.4 Å². The molecule has 76 valence electrons. The van der Waals surface area contributed by atoms with Crippen LogP contribution in [0.3, 0.4) is 0 Å². The number of benzene rings is 1. The summed E-state index contributed by atoms with van der Waals surface area (Å²) in [5, 5.41) is 3.15. The summed E-state index contributed by atoms with van der Waals surface area (Å²) in [5.74, 6) is 0. The van der Waals surface area contributed by atoms with E-state index in [1.54, 1.807) is 0 Å². The number of hydrogen-bond acceptors (Lipinski definition) is 1. The lowest BCUT2D eigenvalue weighted by Gasteiger charge is -2.03. The largest absolute Gasteiger partial charge is 0.316 e. The third kappa shape index (κ3) is 3.00. The second kappa shape index (κ2) is 4.97. The first-order valence-corrected chi connectivity index (χ1v) is 5.02. The zero-order valence-electron chi connectivity index (χ0n) is 9.52. The van der Waals surface area contributed by atoms with Gasteiger partial charge in [0.15, 0.2) is 0 Å². The first kappa shape index (κ1) is 11.0. The van der Waals surface area contributed by atoms with Crippen LogP contribution >= 0.6 is 0 Å². The molecule has 0 aliphatic carbocycles. The Morgan fingerprint density at radius 3 is 2.57 bits per heavy atom. The smallest absolute Gasteiger partial charge is 0.0162 e. The van der Waals surface area contributed by atoms with E-state index in [9.17, 15) is 0 Å². The number of hydrogen-bond donors (Lipinski definition) is 1. The minimum Gasteiger partial charge on any atom is -0.316 e. The van der Waals surface area contributed by atoms with Crippen LogP contribution in [0, 0.1) is 13.8 Å². The normalized spacial score (nSPS) is 11.9. The second-order valence-corrected chi connectivity index (χ2v) is 3.86. The first-order valence-electron chi connectivity index (χ1n) is 5.02. The van der Waals surface area contributed by atoms with Crippen molar-refractivity contribution in [3.05, 3.63) is 40.5 Å². The molecule has 0 radical (unpaired) electrons. The third-order valence-electron chi connectivity index (χ3n) is 2.40. The predicted octanol–water partition coefficient (Wildman–Crippen LogP) is 2.93. The summed E-state index contributed by atoms with van der Waals surface area (Å²) in [7, 11) is 1.97. The number of aryl methyl sites for hydroxylation is 2. The van der Waals surface area contributed by atoms with E-state index < -0.39 is 0 Å². The van der Waals surface area contributed by atoms with Crippen LogP contribution in [-0.4, -0.2) is 13.6 Å². The van der Waals surface area contributed by atoms with Crippen LogP contribution in [0.25, 0.3) is 6.08 Å². The summed E-state index contributed by atoms with van der Waals surface area (Å²) in [4.78, 5) is 0. The maximum atomic E-state index is 3.15. The summed E-state index contributed by atoms with van der Waals surface area (Å²) < 4.78 is 0. The summed E-state index contributed by atoms with van der Waals surface area (Å²) in [6.07, 6.45) is 2.23. The molecule has 0 bridgehead atoms. The Kier molecular flexibility index (Phi) is 3.90. The molecule has 1 heteroatoms. The summed E-state index contributed by atoms with van der Waals surface area (Å²) in [6.45, 7) is 7.39. The summed E-state index contributed by atoms with van der Waals surface area (Å²) in [6, 6.07) is 6.57. The third-order valence-corrected chi connectivity index (χ3v) is 2.40. The highest BCUT2D eigenvalue weighted by Gasteiger charge is 1.94. The quantitative estimate of drug-likeness (QED) is 0.771. The SMILES string of the molecule is CNC/C(C)=C/c1ccc(C)c(C)c1. The van der Waals surface area contributed by atoms with Crippen molar-refractivity contribution in [3.8, 4) is 0 Å². The van der Waals surface area contributed by atoms with Gasteiger partial charge in [-0.1, -0.05) is 29.8 Å². The summed E-state index contributed by atoms with van der Waals surface area (Å²) >= 11 is 0. The van der Waals surface area contributed by atoms with E-state index in [0.29, 0.717) is 0 Å². The molecule has 1 rings (SSSR count). The Morgan fingerprint density at radius 2 is 2.00 bits per heavy atom. The van der Waals surface area contributed by atoms with Crippen LogP contribution in [-0.2, 0) is 0 Å². The molecule has 1 N–H and O–H groups in total. The zero-order chi connectivity index (χ0) is 10.6. The Labute approximate surface area is 86.8 Å². The lowest BCUT2D eigenvalue weighted by Crippen LogP contribution is -2.08. The van der Waals surface area contributed by atoms with Gasteiger partial charge in [0.1, 0.15) is 0 Å². The van der Waals surface area contributed by atoms with Gasteiger partial charge in [-0.05, 0) is 44.5 Å². The molecule has 0 spiro atoms. The van der Waals surface area contributed by atoms with Gasteiger partial charge in [-0.25, -0.2) is 0 Å². The molecule has 1 nitrogen and oxygen atoms in total. The average Bonchev–Trinajstić information content (AvgIpc) is 2.12. The van der Waals surface area contributed by atoms with E-state index in [1.165, 1.54) is 22.3 Å². The Morgan fingerprint density at radius 1 is 1.29 bits per heavy atom. The fourth-order valence-electron chi connectivity index (χ4n) is 1.47. The van der Waals surface area contributed by atoms with Crippen LogP contribution in [0.5, 0.6) is 0 Å². The van der Waals surface area contributed by atoms with E-state index in [1.807, 2.05) is 7.05 Å². The van der Waals surface area contributed by atoms with Gasteiger partial charge in [0.2, 0.25) is 0 Å². The van der Waals surface area contributed by atoms with Crippen LogP contribution in [0.4, 0.5) is 0 Å². The highest BCUT2D eigenvalue weighted by atomic mass is 14.8. The molecule has 0 fully saturated rings. The van der Waals surface area contributed by atoms with Gasteiger partial charge in [0.25, 0.3) is 0 Å². The van der Waals surface area contributed by atoms with Gasteiger partial charge in [-0.15, -0.1) is 0 Å². The van der Waals surface area contributed by atoms with Gasteiger partial charge >= 0.3 is 0 Å². The fraction of sp³-hybridized carbons (Fsp3) is 0.385. The zero-order valence-corrected chi connectivity index (χ0v) is 9.52. The lowest BCUT2D eigenvalue weighted by atomic mass is 10.0. The molecule has 0 saturated heterocycles. The number of rotatable bonds is 3. The minimum absolute atomic E-state index is 0.951. The highest BCUT2D eigenvalue weighted by Crippen LogP contribution is 2.12. The number of likely N-dealkylation sites (N-methyl/N-ethyl adjacent to an activating group) is 1. The molecule has 1 aromatic carbocycles. The van der Waals surface area contributed by atoms with Crippen LogP contribution in [0.1, 0.15) is 23.6 Å². The van der Waals surface area contributed by atoms with Gasteiger partial charge in [-0.3, -0.25) is 0 Å². The maximum Gasteiger partial charge on any atom is 0.0162 e. The maximum absolute atomic E-state index is 3.15. The van der Waals surface area contributed by atoms with E-state index >= 15 is 0 Å². The molecule has 0 amide bonds. The molecule has 1 aromatic rings. The van der Waals surface area contributed by atoms with Crippen LogP contribution in [0.15, 0.2) is 23.8 Å². The monoisotopic (exact) mass is 189 g/mol. The average molecular weight is 189 g/mol. The highest BCUT2D eigenvalue weighted by molar-refractivity contribution is 5.54. The fourth-order valence-corrected chi connectivity index (χ4v) is 1.47. The molecule has 0 aliphatic rings. The molecule has 0 saturated carbocycles. The molecule has 0 heterocycles. The number of nitrogens with one attached hydrogen (secondary N) is 1. The van der Waals surface area contributed by atoms with Crippen molar-refractivity contribution in [1.82, 2.24) is 5.32 Å². The Balaban J connectivity index is 2.87. The van der Waals surface area contributed by atoms with Crippen molar-refractivity contribution in [2.45, 2.75) is 20.8 Å². The van der Waals surface area contributed by atoms with Gasteiger partial charge in [0, 0.05) is 6.54 Å². The molecule has 0 aliphatic heterocycles. The van der Waals surface area contributed by atoms with Crippen molar-refractivity contribution < 1.29 is 0 Å². The molecular formula is C13H19N. The predicted molar refractivity (Wildman–Crippen MR) is 63.5 cm³/mol. The minimum atomic E-state index is 0.951. The van der Waals surface area contributed by atoms with Crippen LogP contribution < -0.4 is 5.32 Å². The molecular weight excluding hydrogens is 170 g/mol. The van der Waals surface area contributed by atoms with Crippen molar-refractivity contribution in [2.75, 3.05) is 13.6 Å². The van der Waals surface area contributed by atoms with Crippen molar-refractivity contribution in [2.24, 2.45) is 0 Å². The molecule has 0 unspecified atom stereocenters. The van der Waals surface area contributed by atoms with Crippen molar-refractivity contribution in [1.29, 1.82) is 0 Å². The summed E-state index contributed by atoms with van der Waals surface area (Å²) in [5.41, 5.74) is 5.36. The van der Waals surface area contributed by atoms with Crippen molar-refractivity contribution in [3.63, 3.8) is 0 Å². The van der Waals surface area contributed by atoms with Crippen molar-refractivity contribution >= 4 is 6.08 Å². The molecule has 0 aromatic heterocycles. The first-order chi connectivity index (χ1) is 6.63. The Hall–Kier alpha value is -1.08. The van der Waals surface area contributed by atoms with E-state index in [0.717, 1.165) is 6.54 Å². The van der Waals surface area contributed by atoms with E-state index in [-0.39, 0.29) is 0 Å². The topological polar surface area (TPSA) is 12.0 Å². The van der Waals surface area contributed by atoms with Gasteiger partial charge in [0.05, 0.1) is 0 Å². The van der Waals surface area contributed by atoms with Gasteiger partial charge in [-0.2, -0.15) is 0 Å². The lowest BCUT2D eigenvalue weighted by molar-refractivity contribution is 0.884. The van der Waals surface area contributed by atoms with Gasteiger partial charge < -0.3 is 5.32 Å². The Bertz CT molecular complexity index is 337. The van der Waals surface area contributed by atoms with Crippen LogP contribution in [0.2, 0.25) is 0 Å². The molecule has 14 heavy (non-hydrogen) atoms. The molecule has 0 atom stereocenters. The second-order valence-electron chi connectivity index (χ2n) is 3.86. The van der Waals surface area contributed by atoms with E-state index in [4.69, 9.17) is 0 Å².